The second-order valence-corrected chi connectivity index (χ2v) is 11.6. The molecule has 184 valence electrons. The lowest BCUT2D eigenvalue weighted by atomic mass is 9.96. The lowest BCUT2D eigenvalue weighted by Crippen LogP contribution is -2.40. The molecular weight excluding hydrogens is 478 g/mol. The zero-order valence-electron chi connectivity index (χ0n) is 19.8. The first-order valence-corrected chi connectivity index (χ1v) is 13.5. The first kappa shape index (κ1) is 22.7. The molecule has 0 bridgehead atoms. The average molecular weight is 504 g/mol. The average Bonchev–Trinajstić information content (AvgIpc) is 3.54. The first-order valence-electron chi connectivity index (χ1n) is 12.0. The van der Waals surface area contributed by atoms with Crippen LogP contribution in [0.1, 0.15) is 53.2 Å². The van der Waals surface area contributed by atoms with Crippen molar-refractivity contribution in [2.75, 3.05) is 18.4 Å². The number of sulfonamides is 1. The third-order valence-electron chi connectivity index (χ3n) is 6.77. The number of hydrogen-bond acceptors (Lipinski definition) is 6. The van der Waals surface area contributed by atoms with Gasteiger partial charge in [-0.2, -0.15) is 14.7 Å². The summed E-state index contributed by atoms with van der Waals surface area (Å²) in [4.78, 5) is 17.4. The van der Waals surface area contributed by atoms with Crippen LogP contribution in [0.4, 0.5) is 5.82 Å². The molecule has 36 heavy (non-hydrogen) atoms. The van der Waals surface area contributed by atoms with E-state index < -0.39 is 10.0 Å². The Morgan fingerprint density at radius 2 is 1.97 bits per heavy atom. The third-order valence-corrected chi connectivity index (χ3v) is 9.13. The van der Waals surface area contributed by atoms with Crippen molar-refractivity contribution in [1.82, 2.24) is 28.7 Å². The van der Waals surface area contributed by atoms with Crippen molar-refractivity contribution in [1.29, 1.82) is 0 Å². The molecule has 1 aliphatic heterocycles. The summed E-state index contributed by atoms with van der Waals surface area (Å²) in [7, 11) is -3.25. The van der Waals surface area contributed by atoms with Gasteiger partial charge in [-0.25, -0.2) is 22.4 Å². The normalized spacial score (nSPS) is 18.8. The molecule has 6 rings (SSSR count). The number of nitrogens with zero attached hydrogens (tertiary/aromatic N) is 6. The number of piperidine rings is 1. The Morgan fingerprint density at radius 3 is 2.75 bits per heavy atom. The van der Waals surface area contributed by atoms with Crippen LogP contribution in [0.3, 0.4) is 0 Å². The fourth-order valence-corrected chi connectivity index (χ4v) is 6.56. The summed E-state index contributed by atoms with van der Waals surface area (Å²) in [6.45, 7) is 2.96. The Hall–Kier alpha value is -3.75. The SMILES string of the molecule is Cc1ccc(-n2nc(C3CCCN(S(=O)(=O)C4CC4)C3)cc2NC(=O)c2cnn3c#ccnc23)cc1. The Bertz CT molecular complexity index is 1540. The molecule has 1 aliphatic carbocycles. The van der Waals surface area contributed by atoms with Crippen LogP contribution < -0.4 is 5.32 Å². The van der Waals surface area contributed by atoms with Gasteiger partial charge in [0.2, 0.25) is 10.0 Å². The monoisotopic (exact) mass is 503 g/mol. The fraction of sp³-hybridized carbons (Fsp3) is 0.360. The van der Waals surface area contributed by atoms with Crippen LogP contribution in [-0.4, -0.2) is 61.3 Å². The van der Waals surface area contributed by atoms with E-state index in [9.17, 15) is 13.2 Å². The molecule has 1 unspecified atom stereocenters. The number of benzene rings is 1. The molecule has 3 aromatic heterocycles. The molecule has 0 spiro atoms. The molecule has 1 amide bonds. The smallest absolute Gasteiger partial charge is 0.262 e. The largest absolute Gasteiger partial charge is 0.306 e. The van der Waals surface area contributed by atoms with E-state index in [2.05, 4.69) is 27.7 Å². The minimum atomic E-state index is -3.25. The molecule has 0 radical (unpaired) electrons. The second-order valence-electron chi connectivity index (χ2n) is 9.41. The number of aromatic nitrogens is 5. The fourth-order valence-electron chi connectivity index (χ4n) is 4.64. The van der Waals surface area contributed by atoms with Crippen LogP contribution in [0.5, 0.6) is 0 Å². The molecule has 1 atom stereocenters. The summed E-state index contributed by atoms with van der Waals surface area (Å²) in [5, 5.41) is 11.7. The van der Waals surface area contributed by atoms with Gasteiger partial charge in [-0.1, -0.05) is 17.7 Å². The van der Waals surface area contributed by atoms with Gasteiger partial charge >= 0.3 is 0 Å². The number of hydrogen-bond donors (Lipinski definition) is 1. The van der Waals surface area contributed by atoms with Gasteiger partial charge in [0, 0.05) is 31.3 Å². The van der Waals surface area contributed by atoms with Crippen molar-refractivity contribution >= 4 is 27.4 Å². The number of anilines is 1. The molecule has 11 heteroatoms. The van der Waals surface area contributed by atoms with Crippen molar-refractivity contribution in [2.45, 2.75) is 43.8 Å². The molecule has 2 aliphatic rings. The minimum Gasteiger partial charge on any atom is -0.306 e. The Balaban J connectivity index is 1.33. The molecular formula is C25H25N7O3S. The number of rotatable bonds is 6. The van der Waals surface area contributed by atoms with E-state index >= 15 is 0 Å². The summed E-state index contributed by atoms with van der Waals surface area (Å²) in [5.41, 5.74) is 3.33. The zero-order chi connectivity index (χ0) is 24.9. The Morgan fingerprint density at radius 1 is 1.17 bits per heavy atom. The summed E-state index contributed by atoms with van der Waals surface area (Å²) < 4.78 is 30.4. The predicted octanol–water partition coefficient (Wildman–Crippen LogP) is 2.75. The van der Waals surface area contributed by atoms with Crippen LogP contribution in [0, 0.1) is 19.2 Å². The molecule has 2 fully saturated rings. The number of carbonyl (C=O) groups excluding carboxylic acids is 1. The van der Waals surface area contributed by atoms with E-state index in [1.807, 2.05) is 37.3 Å². The quantitative estimate of drug-likeness (QED) is 0.433. The van der Waals surface area contributed by atoms with Crippen LogP contribution >= 0.6 is 0 Å². The van der Waals surface area contributed by atoms with Crippen LogP contribution in [-0.2, 0) is 10.0 Å². The number of carbonyl (C=O) groups is 1. The van der Waals surface area contributed by atoms with Crippen molar-refractivity contribution < 1.29 is 13.2 Å². The van der Waals surface area contributed by atoms with Crippen LogP contribution in [0.25, 0.3) is 11.3 Å². The van der Waals surface area contributed by atoms with E-state index in [0.717, 1.165) is 42.6 Å². The maximum absolute atomic E-state index is 13.2. The number of aryl methyl sites for hydroxylation is 1. The Kier molecular flexibility index (Phi) is 5.50. The molecule has 1 aromatic carbocycles. The highest BCUT2D eigenvalue weighted by Crippen LogP contribution is 2.36. The van der Waals surface area contributed by atoms with Crippen LogP contribution in [0.2, 0.25) is 0 Å². The summed E-state index contributed by atoms with van der Waals surface area (Å²) >= 11 is 0. The van der Waals surface area contributed by atoms with E-state index in [-0.39, 0.29) is 17.1 Å². The topological polar surface area (TPSA) is 114 Å². The third kappa shape index (κ3) is 4.12. The second kappa shape index (κ2) is 8.72. The highest BCUT2D eigenvalue weighted by molar-refractivity contribution is 7.90. The van der Waals surface area contributed by atoms with Crippen molar-refractivity contribution in [3.63, 3.8) is 0 Å². The summed E-state index contributed by atoms with van der Waals surface area (Å²) in [6, 6.07) is 12.4. The maximum Gasteiger partial charge on any atom is 0.262 e. The highest BCUT2D eigenvalue weighted by Gasteiger charge is 2.42. The van der Waals surface area contributed by atoms with E-state index in [1.165, 1.54) is 16.9 Å². The van der Waals surface area contributed by atoms with E-state index in [4.69, 9.17) is 5.10 Å². The van der Waals surface area contributed by atoms with Gasteiger partial charge in [-0.15, -0.1) is 0 Å². The van der Waals surface area contributed by atoms with Gasteiger partial charge in [0.05, 0.1) is 29.0 Å². The first-order chi connectivity index (χ1) is 17.4. The van der Waals surface area contributed by atoms with E-state index in [0.29, 0.717) is 30.1 Å². The lowest BCUT2D eigenvalue weighted by molar-refractivity contribution is 0.102. The van der Waals surface area contributed by atoms with Crippen molar-refractivity contribution in [3.05, 3.63) is 71.8 Å². The van der Waals surface area contributed by atoms with Gasteiger partial charge in [0.1, 0.15) is 11.4 Å². The van der Waals surface area contributed by atoms with Gasteiger partial charge in [-0.3, -0.25) is 4.79 Å². The molecule has 10 nitrogen and oxygen atoms in total. The van der Waals surface area contributed by atoms with Gasteiger partial charge in [-0.05, 0) is 50.8 Å². The number of fused-ring (bicyclic) bond motifs is 1. The van der Waals surface area contributed by atoms with Crippen molar-refractivity contribution in [3.8, 4) is 5.69 Å². The number of amides is 1. The zero-order valence-corrected chi connectivity index (χ0v) is 20.6. The molecule has 1 N–H and O–H groups in total. The Labute approximate surface area is 209 Å². The highest BCUT2D eigenvalue weighted by atomic mass is 32.2. The lowest BCUT2D eigenvalue weighted by Gasteiger charge is -2.31. The summed E-state index contributed by atoms with van der Waals surface area (Å²) in [5.74, 6) is 0.0590. The van der Waals surface area contributed by atoms with Gasteiger partial charge < -0.3 is 5.32 Å². The molecule has 1 saturated heterocycles. The van der Waals surface area contributed by atoms with Crippen molar-refractivity contribution in [2.24, 2.45) is 0 Å². The number of nitrogens with one attached hydrogen (secondary N) is 1. The molecule has 1 saturated carbocycles. The molecule has 4 heterocycles. The van der Waals surface area contributed by atoms with Gasteiger partial charge in [0.25, 0.3) is 5.91 Å². The maximum atomic E-state index is 13.2. The molecule has 4 aromatic rings. The summed E-state index contributed by atoms with van der Waals surface area (Å²) in [6.07, 6.45) is 8.75. The predicted molar refractivity (Wildman–Crippen MR) is 132 cm³/mol. The standard InChI is InChI=1S/C25H25N7O3S/c1-17-5-7-19(8-6-17)32-23(28-25(33)21-15-27-31-13-3-11-26-24(21)31)14-22(29-32)18-4-2-12-30(16-18)36(34,35)20-9-10-20/h5-8,11,14-15,18,20H,2,4,9-10,12,16H2,1H3,(H,28,33). The van der Waals surface area contributed by atoms with Crippen LogP contribution in [0.15, 0.2) is 42.7 Å². The minimum absolute atomic E-state index is 0.0570. The van der Waals surface area contributed by atoms with E-state index in [1.54, 1.807) is 8.99 Å². The van der Waals surface area contributed by atoms with Gasteiger partial charge in [0.15, 0.2) is 5.65 Å².